The molecule has 3 N–H and O–H groups in total. The highest BCUT2D eigenvalue weighted by Gasteiger charge is 2.19. The number of aromatic carboxylic acids is 1. The number of amides is 2. The van der Waals surface area contributed by atoms with Crippen LogP contribution < -0.4 is 10.6 Å². The van der Waals surface area contributed by atoms with Crippen LogP contribution in [0.1, 0.15) is 34.1 Å². The number of anilines is 2. The molecule has 3 aromatic carbocycles. The molecule has 0 aromatic heterocycles. The van der Waals surface area contributed by atoms with Crippen LogP contribution in [0.25, 0.3) is 0 Å². The molecule has 3 aromatic rings. The summed E-state index contributed by atoms with van der Waals surface area (Å²) in [5, 5.41) is 14.7. The number of carboxylic acids is 1. The van der Waals surface area contributed by atoms with Crippen molar-refractivity contribution in [3.05, 3.63) is 87.5 Å². The minimum Gasteiger partial charge on any atom is -0.478 e. The third-order valence-electron chi connectivity index (χ3n) is 4.55. The highest BCUT2D eigenvalue weighted by Crippen LogP contribution is 2.29. The minimum atomic E-state index is -1.16. The zero-order chi connectivity index (χ0) is 23.1. The molecular weight excluding hydrogens is 539 g/mol. The molecule has 0 saturated heterocycles. The summed E-state index contributed by atoms with van der Waals surface area (Å²) in [4.78, 5) is 37.5. The van der Waals surface area contributed by atoms with Crippen LogP contribution in [-0.2, 0) is 4.79 Å². The van der Waals surface area contributed by atoms with Gasteiger partial charge in [-0.15, -0.1) is 11.8 Å². The fraction of sp³-hybridized carbons (Fsp3) is 0.125. The number of hydrogen-bond acceptors (Lipinski definition) is 4. The lowest BCUT2D eigenvalue weighted by molar-refractivity contribution is -0.115. The van der Waals surface area contributed by atoms with Gasteiger partial charge in [-0.2, -0.15) is 0 Å². The number of carboxylic acid groups (broad SMARTS) is 1. The van der Waals surface area contributed by atoms with Crippen molar-refractivity contribution in [3.8, 4) is 0 Å². The number of thioether (sulfide) groups is 1. The zero-order valence-corrected chi connectivity index (χ0v) is 20.1. The summed E-state index contributed by atoms with van der Waals surface area (Å²) in [5.74, 6) is -1.76. The molecule has 8 heteroatoms. The first-order chi connectivity index (χ1) is 15.4. The lowest BCUT2D eigenvalue weighted by atomic mass is 10.1. The average molecular weight is 560 g/mol. The van der Waals surface area contributed by atoms with Crippen LogP contribution >= 0.6 is 34.4 Å². The first-order valence-electron chi connectivity index (χ1n) is 9.84. The summed E-state index contributed by atoms with van der Waals surface area (Å²) in [6.45, 7) is 1.94. The van der Waals surface area contributed by atoms with Gasteiger partial charge in [0.15, 0.2) is 0 Å². The quantitative estimate of drug-likeness (QED) is 0.241. The van der Waals surface area contributed by atoms with E-state index in [2.05, 4.69) is 33.2 Å². The third-order valence-corrected chi connectivity index (χ3v) is 6.62. The van der Waals surface area contributed by atoms with Gasteiger partial charge in [-0.3, -0.25) is 9.59 Å². The number of carbonyl (C=O) groups excluding carboxylic acids is 2. The van der Waals surface area contributed by atoms with Crippen LogP contribution in [0.3, 0.4) is 0 Å². The van der Waals surface area contributed by atoms with Crippen molar-refractivity contribution in [2.24, 2.45) is 0 Å². The Kier molecular flexibility index (Phi) is 8.29. The van der Waals surface area contributed by atoms with Crippen LogP contribution in [0.2, 0.25) is 0 Å². The Balaban J connectivity index is 1.69. The first kappa shape index (κ1) is 23.8. The fourth-order valence-electron chi connectivity index (χ4n) is 2.96. The normalized spacial score (nSPS) is 11.4. The summed E-state index contributed by atoms with van der Waals surface area (Å²) in [6.07, 6.45) is 0.628. The number of halogens is 1. The molecule has 1 atom stereocenters. The highest BCUT2D eigenvalue weighted by molar-refractivity contribution is 14.1. The molecule has 0 saturated carbocycles. The second kappa shape index (κ2) is 11.1. The predicted molar refractivity (Wildman–Crippen MR) is 136 cm³/mol. The van der Waals surface area contributed by atoms with Gasteiger partial charge in [0, 0.05) is 19.8 Å². The van der Waals surface area contributed by atoms with E-state index in [0.717, 1.165) is 14.2 Å². The Labute approximate surface area is 203 Å². The fourth-order valence-corrected chi connectivity index (χ4v) is 4.33. The van der Waals surface area contributed by atoms with Crippen molar-refractivity contribution in [3.63, 3.8) is 0 Å². The van der Waals surface area contributed by atoms with Crippen molar-refractivity contribution < 1.29 is 19.5 Å². The molecule has 32 heavy (non-hydrogen) atoms. The molecule has 0 bridgehead atoms. The maximum atomic E-state index is 12.7. The summed E-state index contributed by atoms with van der Waals surface area (Å²) >= 11 is 3.62. The van der Waals surface area contributed by atoms with E-state index in [1.165, 1.54) is 23.9 Å². The Morgan fingerprint density at radius 1 is 0.906 bits per heavy atom. The Morgan fingerprint density at radius 2 is 1.59 bits per heavy atom. The first-order valence-corrected chi connectivity index (χ1v) is 11.8. The van der Waals surface area contributed by atoms with E-state index >= 15 is 0 Å². The Bertz CT molecular complexity index is 1130. The van der Waals surface area contributed by atoms with E-state index in [0.29, 0.717) is 12.1 Å². The van der Waals surface area contributed by atoms with E-state index in [1.807, 2.05) is 37.3 Å². The van der Waals surface area contributed by atoms with Crippen LogP contribution in [0, 0.1) is 3.57 Å². The van der Waals surface area contributed by atoms with Crippen molar-refractivity contribution in [1.82, 2.24) is 0 Å². The standard InChI is InChI=1S/C24H21IN2O4S/c1-2-21(23(29)26-16-12-10-15(25)11-13-16)32-18-7-5-6-17(14-18)27-22(28)19-8-3-4-9-20(19)24(30)31/h3-14,21H,2H2,1H3,(H,26,29)(H,27,28)(H,30,31). The van der Waals surface area contributed by atoms with Gasteiger partial charge in [0.25, 0.3) is 5.91 Å². The monoisotopic (exact) mass is 560 g/mol. The van der Waals surface area contributed by atoms with Gasteiger partial charge in [-0.25, -0.2) is 4.79 Å². The highest BCUT2D eigenvalue weighted by atomic mass is 127. The van der Waals surface area contributed by atoms with Crippen LogP contribution in [0.15, 0.2) is 77.7 Å². The molecule has 0 spiro atoms. The second-order valence-electron chi connectivity index (χ2n) is 6.84. The number of hydrogen-bond donors (Lipinski definition) is 3. The molecule has 164 valence electrons. The summed E-state index contributed by atoms with van der Waals surface area (Å²) in [6, 6.07) is 20.8. The van der Waals surface area contributed by atoms with Crippen molar-refractivity contribution in [2.45, 2.75) is 23.5 Å². The molecule has 0 aliphatic carbocycles. The lowest BCUT2D eigenvalue weighted by Crippen LogP contribution is -2.24. The molecule has 1 unspecified atom stereocenters. The largest absolute Gasteiger partial charge is 0.478 e. The Morgan fingerprint density at radius 3 is 2.25 bits per heavy atom. The molecule has 3 rings (SSSR count). The van der Waals surface area contributed by atoms with Crippen molar-refractivity contribution in [2.75, 3.05) is 10.6 Å². The number of benzene rings is 3. The van der Waals surface area contributed by atoms with Gasteiger partial charge >= 0.3 is 5.97 Å². The van der Waals surface area contributed by atoms with Crippen LogP contribution in [-0.4, -0.2) is 28.1 Å². The van der Waals surface area contributed by atoms with Crippen LogP contribution in [0.4, 0.5) is 11.4 Å². The molecule has 6 nitrogen and oxygen atoms in total. The number of nitrogens with one attached hydrogen (secondary N) is 2. The number of carbonyl (C=O) groups is 3. The maximum absolute atomic E-state index is 12.7. The molecule has 0 aliphatic heterocycles. The van der Waals surface area contributed by atoms with E-state index in [9.17, 15) is 19.5 Å². The summed E-state index contributed by atoms with van der Waals surface area (Å²) < 4.78 is 1.09. The average Bonchev–Trinajstić information content (AvgIpc) is 2.79. The summed E-state index contributed by atoms with van der Waals surface area (Å²) in [7, 11) is 0. The SMILES string of the molecule is CCC(Sc1cccc(NC(=O)c2ccccc2C(=O)O)c1)C(=O)Nc1ccc(I)cc1. The van der Waals surface area contributed by atoms with Crippen molar-refractivity contribution in [1.29, 1.82) is 0 Å². The topological polar surface area (TPSA) is 95.5 Å². The predicted octanol–water partition coefficient (Wildman–Crippen LogP) is 5.75. The molecule has 0 aliphatic rings. The molecule has 2 amide bonds. The van der Waals surface area contributed by atoms with Gasteiger partial charge in [0.05, 0.1) is 16.4 Å². The summed E-state index contributed by atoms with van der Waals surface area (Å²) in [5.41, 5.74) is 1.29. The van der Waals surface area contributed by atoms with E-state index in [-0.39, 0.29) is 22.3 Å². The van der Waals surface area contributed by atoms with E-state index < -0.39 is 11.9 Å². The minimum absolute atomic E-state index is 0.0613. The zero-order valence-electron chi connectivity index (χ0n) is 17.2. The lowest BCUT2D eigenvalue weighted by Gasteiger charge is -2.15. The van der Waals surface area contributed by atoms with Gasteiger partial charge in [-0.05, 0) is 83.6 Å². The van der Waals surface area contributed by atoms with Gasteiger partial charge in [0.2, 0.25) is 5.91 Å². The smallest absolute Gasteiger partial charge is 0.336 e. The van der Waals surface area contributed by atoms with Gasteiger partial charge < -0.3 is 15.7 Å². The van der Waals surface area contributed by atoms with Crippen molar-refractivity contribution >= 4 is 63.5 Å². The number of rotatable bonds is 8. The molecular formula is C24H21IN2O4S. The molecule has 0 fully saturated rings. The molecule has 0 radical (unpaired) electrons. The third kappa shape index (κ3) is 6.33. The molecule has 0 heterocycles. The van der Waals surface area contributed by atoms with Gasteiger partial charge in [0.1, 0.15) is 0 Å². The Hall–Kier alpha value is -2.85. The van der Waals surface area contributed by atoms with Crippen LogP contribution in [0.5, 0.6) is 0 Å². The van der Waals surface area contributed by atoms with Gasteiger partial charge in [-0.1, -0.05) is 25.1 Å². The van der Waals surface area contributed by atoms with E-state index in [4.69, 9.17) is 0 Å². The van der Waals surface area contributed by atoms with E-state index in [1.54, 1.807) is 30.3 Å². The maximum Gasteiger partial charge on any atom is 0.336 e. The second-order valence-corrected chi connectivity index (χ2v) is 9.37.